The van der Waals surface area contributed by atoms with Gasteiger partial charge in [-0.1, -0.05) is 11.6 Å². The molecule has 23 heavy (non-hydrogen) atoms. The van der Waals surface area contributed by atoms with Crippen molar-refractivity contribution >= 4 is 18.1 Å². The molecule has 0 spiro atoms. The van der Waals surface area contributed by atoms with E-state index in [2.05, 4.69) is 11.0 Å². The largest absolute Gasteiger partial charge is 0.483 e. The Morgan fingerprint density at radius 3 is 2.78 bits per heavy atom. The highest BCUT2D eigenvalue weighted by Crippen LogP contribution is 2.38. The molecule has 1 saturated heterocycles. The Labute approximate surface area is 140 Å². The van der Waals surface area contributed by atoms with Crippen LogP contribution in [0.3, 0.4) is 0 Å². The van der Waals surface area contributed by atoms with Crippen LogP contribution >= 0.6 is 11.6 Å². The number of carbonyl (C=O) groups is 1. The lowest BCUT2D eigenvalue weighted by molar-refractivity contribution is -0.122. The predicted molar refractivity (Wildman–Crippen MR) is 84.5 cm³/mol. The maximum Gasteiger partial charge on any atom is 0.290 e. The molecular formula is C16H19ClN2O4. The molecule has 0 bridgehead atoms. The van der Waals surface area contributed by atoms with Gasteiger partial charge >= 0.3 is 0 Å². The summed E-state index contributed by atoms with van der Waals surface area (Å²) in [7, 11) is 0. The highest BCUT2D eigenvalue weighted by molar-refractivity contribution is 6.31. The highest BCUT2D eigenvalue weighted by Gasteiger charge is 2.31. The van der Waals surface area contributed by atoms with Crippen molar-refractivity contribution in [3.8, 4) is 17.6 Å². The quantitative estimate of drug-likeness (QED) is 0.835. The standard InChI is InChI=1S/C15H17ClN2O2.CH2O2/c1-15(8-17)3-2-4-18(9-15)7-11-5-13-14(6-12(11)16)20-10-19-13;2-1-3/h5-6H,2-4,7,9-10H2,1H3;1H,(H,2,3). The van der Waals surface area contributed by atoms with Gasteiger partial charge in [-0.05, 0) is 37.9 Å². The first-order valence-electron chi connectivity index (χ1n) is 7.31. The molecule has 124 valence electrons. The van der Waals surface area contributed by atoms with E-state index in [1.807, 2.05) is 19.1 Å². The van der Waals surface area contributed by atoms with Crippen LogP contribution in [-0.4, -0.2) is 36.4 Å². The lowest BCUT2D eigenvalue weighted by atomic mass is 9.83. The smallest absolute Gasteiger partial charge is 0.290 e. The first kappa shape index (κ1) is 17.4. The van der Waals surface area contributed by atoms with Crippen molar-refractivity contribution in [3.05, 3.63) is 22.7 Å². The summed E-state index contributed by atoms with van der Waals surface area (Å²) in [6, 6.07) is 6.19. The SMILES string of the molecule is CC1(C#N)CCCN(Cc2cc3c(cc2Cl)OCO3)C1.O=CO. The van der Waals surface area contributed by atoms with Crippen molar-refractivity contribution in [1.82, 2.24) is 4.90 Å². The van der Waals surface area contributed by atoms with Crippen LogP contribution < -0.4 is 9.47 Å². The summed E-state index contributed by atoms with van der Waals surface area (Å²) in [6.45, 7) is 4.56. The third-order valence-electron chi connectivity index (χ3n) is 3.98. The molecule has 3 rings (SSSR count). The maximum absolute atomic E-state index is 9.28. The first-order chi connectivity index (χ1) is 11.0. The van der Waals surface area contributed by atoms with E-state index in [-0.39, 0.29) is 18.7 Å². The van der Waals surface area contributed by atoms with Crippen LogP contribution in [-0.2, 0) is 11.3 Å². The topological polar surface area (TPSA) is 82.8 Å². The summed E-state index contributed by atoms with van der Waals surface area (Å²) in [5.41, 5.74) is 0.777. The maximum atomic E-state index is 9.28. The fraction of sp³-hybridized carbons (Fsp3) is 0.500. The molecule has 1 atom stereocenters. The fourth-order valence-corrected chi connectivity index (χ4v) is 3.11. The van der Waals surface area contributed by atoms with Crippen LogP contribution in [0.5, 0.6) is 11.5 Å². The number of benzene rings is 1. The van der Waals surface area contributed by atoms with Crippen molar-refractivity contribution < 1.29 is 19.4 Å². The molecule has 1 aromatic rings. The Morgan fingerprint density at radius 2 is 2.13 bits per heavy atom. The van der Waals surface area contributed by atoms with Crippen molar-refractivity contribution in [2.45, 2.75) is 26.3 Å². The molecule has 1 aromatic carbocycles. The number of fused-ring (bicyclic) bond motifs is 1. The van der Waals surface area contributed by atoms with Crippen molar-refractivity contribution in [1.29, 1.82) is 5.26 Å². The van der Waals surface area contributed by atoms with Crippen molar-refractivity contribution in [3.63, 3.8) is 0 Å². The molecule has 1 fully saturated rings. The lowest BCUT2D eigenvalue weighted by Gasteiger charge is -2.36. The zero-order valence-corrected chi connectivity index (χ0v) is 13.7. The predicted octanol–water partition coefficient (Wildman–Crippen LogP) is 2.90. The number of likely N-dealkylation sites (tertiary alicyclic amines) is 1. The van der Waals surface area contributed by atoms with E-state index in [0.717, 1.165) is 43.8 Å². The second-order valence-corrected chi connectivity index (χ2v) is 6.30. The van der Waals surface area contributed by atoms with Gasteiger partial charge in [0.1, 0.15) is 0 Å². The second-order valence-electron chi connectivity index (χ2n) is 5.89. The number of nitrogens with zero attached hydrogens (tertiary/aromatic N) is 2. The summed E-state index contributed by atoms with van der Waals surface area (Å²) >= 11 is 6.30. The minimum atomic E-state index is -0.250. The van der Waals surface area contributed by atoms with Gasteiger partial charge in [0, 0.05) is 24.2 Å². The number of hydrogen-bond acceptors (Lipinski definition) is 5. The number of rotatable bonds is 2. The average Bonchev–Trinajstić information content (AvgIpc) is 2.96. The molecule has 2 aliphatic rings. The highest BCUT2D eigenvalue weighted by atomic mass is 35.5. The summed E-state index contributed by atoms with van der Waals surface area (Å²) in [6.07, 6.45) is 2.01. The molecule has 1 unspecified atom stereocenters. The Bertz CT molecular complexity index is 617. The normalized spacial score (nSPS) is 22.7. The summed E-state index contributed by atoms with van der Waals surface area (Å²) < 4.78 is 10.7. The van der Waals surface area contributed by atoms with E-state index < -0.39 is 0 Å². The second kappa shape index (κ2) is 7.53. The van der Waals surface area contributed by atoms with E-state index in [0.29, 0.717) is 10.8 Å². The van der Waals surface area contributed by atoms with E-state index in [9.17, 15) is 5.26 Å². The Hall–Kier alpha value is -1.97. The van der Waals surface area contributed by atoms with Crippen LogP contribution in [0.4, 0.5) is 0 Å². The minimum Gasteiger partial charge on any atom is -0.483 e. The van der Waals surface area contributed by atoms with Gasteiger partial charge in [0.05, 0.1) is 11.5 Å². The molecule has 7 heteroatoms. The minimum absolute atomic E-state index is 0.249. The number of carboxylic acid groups (broad SMARTS) is 1. The van der Waals surface area contributed by atoms with Gasteiger partial charge in [-0.3, -0.25) is 9.69 Å². The van der Waals surface area contributed by atoms with Crippen LogP contribution in [0, 0.1) is 16.7 Å². The zero-order chi connectivity index (χ0) is 16.9. The summed E-state index contributed by atoms with van der Waals surface area (Å²) in [4.78, 5) is 10.6. The van der Waals surface area contributed by atoms with E-state index in [4.69, 9.17) is 31.0 Å². The van der Waals surface area contributed by atoms with Gasteiger partial charge in [0.25, 0.3) is 6.47 Å². The van der Waals surface area contributed by atoms with Crippen LogP contribution in [0.15, 0.2) is 12.1 Å². The number of nitriles is 1. The van der Waals surface area contributed by atoms with Crippen molar-refractivity contribution in [2.75, 3.05) is 19.9 Å². The van der Waals surface area contributed by atoms with E-state index in [1.165, 1.54) is 0 Å². The van der Waals surface area contributed by atoms with Crippen LogP contribution in [0.1, 0.15) is 25.3 Å². The Morgan fingerprint density at radius 1 is 1.48 bits per heavy atom. The molecule has 0 amide bonds. The molecule has 2 aliphatic heterocycles. The third kappa shape index (κ3) is 4.27. The number of halogens is 1. The van der Waals surface area contributed by atoms with E-state index in [1.54, 1.807) is 0 Å². The molecule has 0 aromatic heterocycles. The average molecular weight is 339 g/mol. The monoisotopic (exact) mass is 338 g/mol. The Balaban J connectivity index is 0.000000595. The molecule has 0 radical (unpaired) electrons. The molecule has 6 nitrogen and oxygen atoms in total. The van der Waals surface area contributed by atoms with Gasteiger partial charge < -0.3 is 14.6 Å². The summed E-state index contributed by atoms with van der Waals surface area (Å²) in [5, 5.41) is 16.9. The first-order valence-corrected chi connectivity index (χ1v) is 7.68. The van der Waals surface area contributed by atoms with E-state index >= 15 is 0 Å². The molecule has 2 heterocycles. The Kier molecular flexibility index (Phi) is 5.69. The number of piperidine rings is 1. The zero-order valence-electron chi connectivity index (χ0n) is 12.9. The van der Waals surface area contributed by atoms with Gasteiger partial charge in [0.15, 0.2) is 11.5 Å². The third-order valence-corrected chi connectivity index (χ3v) is 4.33. The van der Waals surface area contributed by atoms with Gasteiger partial charge in [0.2, 0.25) is 6.79 Å². The van der Waals surface area contributed by atoms with Crippen LogP contribution in [0.25, 0.3) is 0 Å². The molecule has 0 saturated carbocycles. The fourth-order valence-electron chi connectivity index (χ4n) is 2.89. The van der Waals surface area contributed by atoms with Gasteiger partial charge in [-0.2, -0.15) is 5.26 Å². The number of ether oxygens (including phenoxy) is 2. The molecule has 0 aliphatic carbocycles. The molecular weight excluding hydrogens is 320 g/mol. The number of hydrogen-bond donors (Lipinski definition) is 1. The van der Waals surface area contributed by atoms with Gasteiger partial charge in [-0.15, -0.1) is 0 Å². The summed E-state index contributed by atoms with van der Waals surface area (Å²) in [5.74, 6) is 1.46. The lowest BCUT2D eigenvalue weighted by Crippen LogP contribution is -2.40. The molecule has 1 N–H and O–H groups in total. The van der Waals surface area contributed by atoms with Crippen molar-refractivity contribution in [2.24, 2.45) is 5.41 Å². The van der Waals surface area contributed by atoms with Crippen LogP contribution in [0.2, 0.25) is 5.02 Å². The van der Waals surface area contributed by atoms with Gasteiger partial charge in [-0.25, -0.2) is 0 Å².